The summed E-state index contributed by atoms with van der Waals surface area (Å²) in [5, 5.41) is 2.91. The summed E-state index contributed by atoms with van der Waals surface area (Å²) >= 11 is 2.23. The van der Waals surface area contributed by atoms with Crippen LogP contribution in [0.5, 0.6) is 5.75 Å². The lowest BCUT2D eigenvalue weighted by atomic mass is 10.1. The first-order valence-electron chi connectivity index (χ1n) is 6.38. The van der Waals surface area contributed by atoms with Gasteiger partial charge in [-0.05, 0) is 59.3 Å². The first kappa shape index (κ1) is 14.8. The molecule has 1 N–H and O–H groups in total. The zero-order valence-corrected chi connectivity index (χ0v) is 13.3. The Bertz CT molecular complexity index is 554. The molecular formula is C16H16INO2. The highest BCUT2D eigenvalue weighted by Gasteiger charge is 2.09. The smallest absolute Gasteiger partial charge is 0.258 e. The standard InChI is InChI=1S/C16H16INO2/c1-12(13-5-3-2-4-6-13)18-16(19)11-20-15-9-7-14(17)8-10-15/h2-10,12H,11H2,1H3,(H,18,19)/t12-/m1/s1. The number of hydrogen-bond acceptors (Lipinski definition) is 2. The zero-order chi connectivity index (χ0) is 14.4. The van der Waals surface area contributed by atoms with Crippen molar-refractivity contribution in [1.29, 1.82) is 0 Å². The Balaban J connectivity index is 1.82. The van der Waals surface area contributed by atoms with E-state index in [1.807, 2.05) is 61.5 Å². The third kappa shape index (κ3) is 4.52. The Morgan fingerprint density at radius 3 is 2.45 bits per heavy atom. The van der Waals surface area contributed by atoms with Crippen molar-refractivity contribution in [2.45, 2.75) is 13.0 Å². The third-order valence-electron chi connectivity index (χ3n) is 2.86. The number of hydrogen-bond donors (Lipinski definition) is 1. The van der Waals surface area contributed by atoms with E-state index in [0.717, 1.165) is 9.13 Å². The van der Waals surface area contributed by atoms with E-state index in [2.05, 4.69) is 27.9 Å². The molecule has 0 unspecified atom stereocenters. The molecule has 3 nitrogen and oxygen atoms in total. The molecule has 20 heavy (non-hydrogen) atoms. The van der Waals surface area contributed by atoms with E-state index in [-0.39, 0.29) is 18.6 Å². The van der Waals surface area contributed by atoms with Gasteiger partial charge in [0.25, 0.3) is 5.91 Å². The lowest BCUT2D eigenvalue weighted by molar-refractivity contribution is -0.123. The predicted octanol–water partition coefficient (Wildman–Crippen LogP) is 3.55. The molecule has 0 fully saturated rings. The monoisotopic (exact) mass is 381 g/mol. The zero-order valence-electron chi connectivity index (χ0n) is 11.2. The summed E-state index contributed by atoms with van der Waals surface area (Å²) in [7, 11) is 0. The maximum Gasteiger partial charge on any atom is 0.258 e. The second kappa shape index (κ2) is 7.28. The summed E-state index contributed by atoms with van der Waals surface area (Å²) in [6.07, 6.45) is 0. The number of amides is 1. The molecular weight excluding hydrogens is 365 g/mol. The Hall–Kier alpha value is -1.56. The van der Waals surface area contributed by atoms with Crippen molar-refractivity contribution in [1.82, 2.24) is 5.32 Å². The summed E-state index contributed by atoms with van der Waals surface area (Å²) in [5.41, 5.74) is 1.08. The number of nitrogens with one attached hydrogen (secondary N) is 1. The van der Waals surface area contributed by atoms with Crippen molar-refractivity contribution in [3.05, 3.63) is 63.7 Å². The molecule has 0 saturated heterocycles. The second-order valence-corrected chi connectivity index (χ2v) is 5.69. The van der Waals surface area contributed by atoms with Gasteiger partial charge in [-0.3, -0.25) is 4.79 Å². The van der Waals surface area contributed by atoms with Crippen LogP contribution >= 0.6 is 22.6 Å². The van der Waals surface area contributed by atoms with Crippen molar-refractivity contribution in [2.75, 3.05) is 6.61 Å². The normalized spacial score (nSPS) is 11.7. The fourth-order valence-corrected chi connectivity index (χ4v) is 2.15. The summed E-state index contributed by atoms with van der Waals surface area (Å²) in [6.45, 7) is 1.98. The van der Waals surface area contributed by atoms with Gasteiger partial charge in [-0.15, -0.1) is 0 Å². The van der Waals surface area contributed by atoms with Gasteiger partial charge in [0.2, 0.25) is 0 Å². The Morgan fingerprint density at radius 2 is 1.80 bits per heavy atom. The van der Waals surface area contributed by atoms with Crippen LogP contribution in [0.15, 0.2) is 54.6 Å². The van der Waals surface area contributed by atoms with Crippen molar-refractivity contribution < 1.29 is 9.53 Å². The molecule has 0 saturated carbocycles. The number of ether oxygens (including phenoxy) is 1. The minimum absolute atomic E-state index is 0.0241. The highest BCUT2D eigenvalue weighted by atomic mass is 127. The maximum absolute atomic E-state index is 11.8. The van der Waals surface area contributed by atoms with Crippen LogP contribution in [0.2, 0.25) is 0 Å². The number of carbonyl (C=O) groups excluding carboxylic acids is 1. The van der Waals surface area contributed by atoms with E-state index in [0.29, 0.717) is 5.75 Å². The van der Waals surface area contributed by atoms with Gasteiger partial charge in [0.1, 0.15) is 5.75 Å². The van der Waals surface area contributed by atoms with Gasteiger partial charge in [0.15, 0.2) is 6.61 Å². The van der Waals surface area contributed by atoms with Gasteiger partial charge >= 0.3 is 0 Å². The van der Waals surface area contributed by atoms with Crippen molar-refractivity contribution in [3.63, 3.8) is 0 Å². The van der Waals surface area contributed by atoms with Gasteiger partial charge < -0.3 is 10.1 Å². The Morgan fingerprint density at radius 1 is 1.15 bits per heavy atom. The molecule has 4 heteroatoms. The fraction of sp³-hybridized carbons (Fsp3) is 0.188. The van der Waals surface area contributed by atoms with Crippen LogP contribution in [0, 0.1) is 3.57 Å². The molecule has 2 rings (SSSR count). The molecule has 1 atom stereocenters. The molecule has 0 aromatic heterocycles. The van der Waals surface area contributed by atoms with Gasteiger partial charge in [-0.25, -0.2) is 0 Å². The van der Waals surface area contributed by atoms with E-state index in [9.17, 15) is 4.79 Å². The highest BCUT2D eigenvalue weighted by molar-refractivity contribution is 14.1. The van der Waals surface area contributed by atoms with Crippen LogP contribution in [-0.2, 0) is 4.79 Å². The lowest BCUT2D eigenvalue weighted by Crippen LogP contribution is -2.31. The van der Waals surface area contributed by atoms with Crippen molar-refractivity contribution in [2.24, 2.45) is 0 Å². The first-order valence-corrected chi connectivity index (χ1v) is 7.45. The van der Waals surface area contributed by atoms with Gasteiger partial charge in [0, 0.05) is 3.57 Å². The summed E-state index contributed by atoms with van der Waals surface area (Å²) in [6, 6.07) is 17.4. The number of halogens is 1. The van der Waals surface area contributed by atoms with Crippen molar-refractivity contribution >= 4 is 28.5 Å². The molecule has 2 aromatic carbocycles. The molecule has 0 radical (unpaired) electrons. The van der Waals surface area contributed by atoms with Crippen LogP contribution < -0.4 is 10.1 Å². The van der Waals surface area contributed by atoms with E-state index >= 15 is 0 Å². The second-order valence-electron chi connectivity index (χ2n) is 4.44. The van der Waals surface area contributed by atoms with E-state index < -0.39 is 0 Å². The average molecular weight is 381 g/mol. The lowest BCUT2D eigenvalue weighted by Gasteiger charge is -2.14. The molecule has 0 spiro atoms. The highest BCUT2D eigenvalue weighted by Crippen LogP contribution is 2.14. The van der Waals surface area contributed by atoms with Crippen LogP contribution in [0.1, 0.15) is 18.5 Å². The molecule has 104 valence electrons. The first-order chi connectivity index (χ1) is 9.65. The Kier molecular flexibility index (Phi) is 5.40. The topological polar surface area (TPSA) is 38.3 Å². The largest absolute Gasteiger partial charge is 0.484 e. The molecule has 0 aliphatic carbocycles. The molecule has 0 aliphatic rings. The number of rotatable bonds is 5. The van der Waals surface area contributed by atoms with Crippen LogP contribution in [-0.4, -0.2) is 12.5 Å². The van der Waals surface area contributed by atoms with Gasteiger partial charge in [-0.1, -0.05) is 30.3 Å². The van der Waals surface area contributed by atoms with Gasteiger partial charge in [0.05, 0.1) is 6.04 Å². The van der Waals surface area contributed by atoms with Crippen LogP contribution in [0.25, 0.3) is 0 Å². The summed E-state index contributed by atoms with van der Waals surface area (Å²) < 4.78 is 6.58. The van der Waals surface area contributed by atoms with Gasteiger partial charge in [-0.2, -0.15) is 0 Å². The van der Waals surface area contributed by atoms with Crippen molar-refractivity contribution in [3.8, 4) is 5.75 Å². The Labute approximate surface area is 132 Å². The minimum Gasteiger partial charge on any atom is -0.484 e. The van der Waals surface area contributed by atoms with E-state index in [4.69, 9.17) is 4.74 Å². The summed E-state index contributed by atoms with van der Waals surface area (Å²) in [5.74, 6) is 0.577. The SMILES string of the molecule is C[C@@H](NC(=O)COc1ccc(I)cc1)c1ccccc1. The van der Waals surface area contributed by atoms with E-state index in [1.54, 1.807) is 0 Å². The maximum atomic E-state index is 11.8. The third-order valence-corrected chi connectivity index (χ3v) is 3.58. The predicted molar refractivity (Wildman–Crippen MR) is 87.7 cm³/mol. The molecule has 0 heterocycles. The molecule has 2 aromatic rings. The minimum atomic E-state index is -0.125. The number of benzene rings is 2. The van der Waals surface area contributed by atoms with Crippen LogP contribution in [0.4, 0.5) is 0 Å². The quantitative estimate of drug-likeness (QED) is 0.805. The number of carbonyl (C=O) groups is 1. The fourth-order valence-electron chi connectivity index (χ4n) is 1.79. The summed E-state index contributed by atoms with van der Waals surface area (Å²) in [4.78, 5) is 11.8. The van der Waals surface area contributed by atoms with Crippen LogP contribution in [0.3, 0.4) is 0 Å². The van der Waals surface area contributed by atoms with E-state index in [1.165, 1.54) is 0 Å². The molecule has 1 amide bonds. The molecule has 0 aliphatic heterocycles. The molecule has 0 bridgehead atoms. The average Bonchev–Trinajstić information content (AvgIpc) is 2.47.